The molecular formula is C18H19N3O. The van der Waals surface area contributed by atoms with Gasteiger partial charge < -0.3 is 5.73 Å². The maximum absolute atomic E-state index is 12.7. The van der Waals surface area contributed by atoms with Crippen LogP contribution in [0.1, 0.15) is 30.9 Å². The number of nitrogens with two attached hydrogens (primary N) is 1. The Balaban J connectivity index is 2.20. The third-order valence-electron chi connectivity index (χ3n) is 3.82. The van der Waals surface area contributed by atoms with Crippen LogP contribution in [0.25, 0.3) is 0 Å². The summed E-state index contributed by atoms with van der Waals surface area (Å²) >= 11 is 0. The summed E-state index contributed by atoms with van der Waals surface area (Å²) in [5, 5.41) is 0. The summed E-state index contributed by atoms with van der Waals surface area (Å²) in [6.45, 7) is 4.26. The fraction of sp³-hybridized carbons (Fsp3) is 0.222. The molecule has 0 saturated heterocycles. The van der Waals surface area contributed by atoms with E-state index in [1.807, 2.05) is 36.4 Å². The first-order valence-corrected chi connectivity index (χ1v) is 7.39. The molecule has 3 rings (SSSR count). The Labute approximate surface area is 130 Å². The summed E-state index contributed by atoms with van der Waals surface area (Å²) in [5.41, 5.74) is 9.60. The molecule has 2 aromatic rings. The first-order chi connectivity index (χ1) is 10.6. The lowest BCUT2D eigenvalue weighted by Gasteiger charge is -2.25. The molecule has 1 atom stereocenters. The number of hydrogen-bond donors (Lipinski definition) is 1. The maximum Gasteiger partial charge on any atom is 0.270 e. The number of aliphatic imine (C=N–C) groups is 1. The van der Waals surface area contributed by atoms with Crippen LogP contribution in [0.2, 0.25) is 0 Å². The van der Waals surface area contributed by atoms with Gasteiger partial charge in [-0.15, -0.1) is 0 Å². The minimum absolute atomic E-state index is 0.220. The molecule has 0 bridgehead atoms. The minimum Gasteiger partial charge on any atom is -0.302 e. The summed E-state index contributed by atoms with van der Waals surface area (Å²) in [4.78, 5) is 18.5. The number of para-hydroxylation sites is 1. The second-order valence-electron chi connectivity index (χ2n) is 5.71. The van der Waals surface area contributed by atoms with Gasteiger partial charge in [0, 0.05) is 17.5 Å². The number of amides is 1. The molecule has 1 amide bonds. The predicted molar refractivity (Wildman–Crippen MR) is 89.7 cm³/mol. The van der Waals surface area contributed by atoms with Crippen LogP contribution in [0, 0.1) is 0 Å². The normalized spacial score (nSPS) is 17.5. The molecule has 0 aromatic heterocycles. The highest BCUT2D eigenvalue weighted by atomic mass is 16.2. The Morgan fingerprint density at radius 1 is 1.14 bits per heavy atom. The second kappa shape index (κ2) is 5.73. The highest BCUT2D eigenvalue weighted by Crippen LogP contribution is 2.32. The van der Waals surface area contributed by atoms with Crippen LogP contribution in [0.15, 0.2) is 53.5 Å². The van der Waals surface area contributed by atoms with Gasteiger partial charge in [0.1, 0.15) is 0 Å². The molecule has 4 heteroatoms. The van der Waals surface area contributed by atoms with Gasteiger partial charge in [0.2, 0.25) is 0 Å². The first kappa shape index (κ1) is 14.5. The van der Waals surface area contributed by atoms with Crippen LogP contribution >= 0.6 is 0 Å². The van der Waals surface area contributed by atoms with Gasteiger partial charge in [-0.25, -0.2) is 0 Å². The molecule has 0 aliphatic carbocycles. The molecule has 1 unspecified atom stereocenters. The van der Waals surface area contributed by atoms with Gasteiger partial charge in [0.15, 0.2) is 6.17 Å². The van der Waals surface area contributed by atoms with E-state index in [4.69, 9.17) is 5.73 Å². The van der Waals surface area contributed by atoms with Gasteiger partial charge >= 0.3 is 0 Å². The third kappa shape index (κ3) is 2.53. The summed E-state index contributed by atoms with van der Waals surface area (Å²) in [6, 6.07) is 15.7. The standard InChI is InChI=1S/C18H19N3O/c1-12(2)13-8-9-14-11-20-17(19)18(22)21(16(14)10-13)15-6-4-3-5-7-15/h3-12,17H,19H2,1-2H3. The molecule has 0 radical (unpaired) electrons. The molecule has 2 aromatic carbocycles. The first-order valence-electron chi connectivity index (χ1n) is 7.39. The summed E-state index contributed by atoms with van der Waals surface area (Å²) < 4.78 is 0. The van der Waals surface area contributed by atoms with Crippen molar-refractivity contribution in [3.8, 4) is 0 Å². The van der Waals surface area contributed by atoms with Crippen molar-refractivity contribution in [1.29, 1.82) is 0 Å². The van der Waals surface area contributed by atoms with E-state index in [2.05, 4.69) is 31.0 Å². The van der Waals surface area contributed by atoms with E-state index in [9.17, 15) is 4.79 Å². The summed E-state index contributed by atoms with van der Waals surface area (Å²) in [7, 11) is 0. The number of carbonyl (C=O) groups excluding carboxylic acids is 1. The smallest absolute Gasteiger partial charge is 0.270 e. The van der Waals surface area contributed by atoms with Gasteiger partial charge in [0.25, 0.3) is 5.91 Å². The zero-order valence-corrected chi connectivity index (χ0v) is 12.7. The number of anilines is 2. The van der Waals surface area contributed by atoms with E-state index in [1.54, 1.807) is 11.1 Å². The zero-order valence-electron chi connectivity index (χ0n) is 12.7. The number of rotatable bonds is 2. The molecule has 1 aliphatic heterocycles. The van der Waals surface area contributed by atoms with Crippen molar-refractivity contribution in [3.63, 3.8) is 0 Å². The van der Waals surface area contributed by atoms with Crippen molar-refractivity contribution in [1.82, 2.24) is 0 Å². The average molecular weight is 293 g/mol. The quantitative estimate of drug-likeness (QED) is 0.924. The Kier molecular flexibility index (Phi) is 3.77. The van der Waals surface area contributed by atoms with Crippen LogP contribution in [0.5, 0.6) is 0 Å². The van der Waals surface area contributed by atoms with Crippen LogP contribution in [-0.2, 0) is 4.79 Å². The lowest BCUT2D eigenvalue weighted by Crippen LogP contribution is -2.39. The maximum atomic E-state index is 12.7. The van der Waals surface area contributed by atoms with Crippen molar-refractivity contribution in [2.24, 2.45) is 10.7 Å². The van der Waals surface area contributed by atoms with Crippen LogP contribution < -0.4 is 10.6 Å². The van der Waals surface area contributed by atoms with Crippen LogP contribution in [0.4, 0.5) is 11.4 Å². The molecule has 112 valence electrons. The Hall–Kier alpha value is -2.46. The summed E-state index contributed by atoms with van der Waals surface area (Å²) in [5.74, 6) is 0.161. The van der Waals surface area contributed by atoms with E-state index in [0.29, 0.717) is 5.92 Å². The van der Waals surface area contributed by atoms with Crippen molar-refractivity contribution >= 4 is 23.5 Å². The Morgan fingerprint density at radius 2 is 1.86 bits per heavy atom. The Morgan fingerprint density at radius 3 is 2.55 bits per heavy atom. The number of fused-ring (bicyclic) bond motifs is 1. The topological polar surface area (TPSA) is 58.7 Å². The highest BCUT2D eigenvalue weighted by molar-refractivity contribution is 6.09. The summed E-state index contributed by atoms with van der Waals surface area (Å²) in [6.07, 6.45) is 0.806. The van der Waals surface area contributed by atoms with E-state index in [-0.39, 0.29) is 5.91 Å². The number of benzene rings is 2. The molecule has 4 nitrogen and oxygen atoms in total. The molecule has 1 heterocycles. The van der Waals surface area contributed by atoms with Crippen molar-refractivity contribution in [2.45, 2.75) is 25.9 Å². The van der Waals surface area contributed by atoms with E-state index in [0.717, 1.165) is 16.9 Å². The fourth-order valence-electron chi connectivity index (χ4n) is 2.54. The van der Waals surface area contributed by atoms with Crippen molar-refractivity contribution < 1.29 is 4.79 Å². The molecule has 1 aliphatic rings. The molecular weight excluding hydrogens is 274 g/mol. The number of carbonyl (C=O) groups is 1. The minimum atomic E-state index is -0.880. The average Bonchev–Trinajstić information content (AvgIpc) is 2.65. The van der Waals surface area contributed by atoms with E-state index in [1.165, 1.54) is 5.56 Å². The van der Waals surface area contributed by atoms with Crippen molar-refractivity contribution in [2.75, 3.05) is 4.90 Å². The molecule has 22 heavy (non-hydrogen) atoms. The SMILES string of the molecule is CC(C)c1ccc2c(c1)N(c1ccccc1)C(=O)C(N)N=C2. The van der Waals surface area contributed by atoms with E-state index < -0.39 is 6.17 Å². The molecule has 0 spiro atoms. The van der Waals surface area contributed by atoms with Crippen molar-refractivity contribution in [3.05, 3.63) is 59.7 Å². The van der Waals surface area contributed by atoms with Crippen LogP contribution in [0.3, 0.4) is 0 Å². The van der Waals surface area contributed by atoms with Crippen LogP contribution in [-0.4, -0.2) is 18.3 Å². The number of nitrogens with zero attached hydrogens (tertiary/aromatic N) is 2. The van der Waals surface area contributed by atoms with Gasteiger partial charge in [-0.2, -0.15) is 0 Å². The largest absolute Gasteiger partial charge is 0.302 e. The van der Waals surface area contributed by atoms with E-state index >= 15 is 0 Å². The number of hydrogen-bond acceptors (Lipinski definition) is 3. The van der Waals surface area contributed by atoms with Gasteiger partial charge in [-0.05, 0) is 29.7 Å². The van der Waals surface area contributed by atoms with Gasteiger partial charge in [-0.1, -0.05) is 44.2 Å². The fourth-order valence-corrected chi connectivity index (χ4v) is 2.54. The zero-order chi connectivity index (χ0) is 15.7. The molecule has 2 N–H and O–H groups in total. The van der Waals surface area contributed by atoms with Gasteiger partial charge in [-0.3, -0.25) is 14.7 Å². The van der Waals surface area contributed by atoms with Gasteiger partial charge in [0.05, 0.1) is 5.69 Å². The Bertz CT molecular complexity index is 722. The highest BCUT2D eigenvalue weighted by Gasteiger charge is 2.27. The monoisotopic (exact) mass is 293 g/mol. The third-order valence-corrected chi connectivity index (χ3v) is 3.82. The molecule has 0 saturated carbocycles. The lowest BCUT2D eigenvalue weighted by atomic mass is 9.99. The predicted octanol–water partition coefficient (Wildman–Crippen LogP) is 3.19. The molecule has 0 fully saturated rings. The number of benzodiazepines with no additional fused rings is 1. The lowest BCUT2D eigenvalue weighted by molar-refractivity contribution is -0.118. The second-order valence-corrected chi connectivity index (χ2v) is 5.71.